The van der Waals surface area contributed by atoms with E-state index in [1.54, 1.807) is 11.3 Å². The molecule has 0 radical (unpaired) electrons. The molecule has 1 saturated carbocycles. The molecule has 0 atom stereocenters. The van der Waals surface area contributed by atoms with E-state index < -0.39 is 0 Å². The minimum Gasteiger partial charge on any atom is -0.351 e. The molecule has 1 amide bonds. The van der Waals surface area contributed by atoms with Gasteiger partial charge in [-0.1, -0.05) is 25.7 Å². The Morgan fingerprint density at radius 1 is 1.04 bits per heavy atom. The molecular weight excluding hydrogens is 328 g/mol. The van der Waals surface area contributed by atoms with Crippen LogP contribution in [0.4, 0.5) is 0 Å². The summed E-state index contributed by atoms with van der Waals surface area (Å²) in [6.45, 7) is 4.57. The van der Waals surface area contributed by atoms with Crippen molar-refractivity contribution in [3.63, 3.8) is 0 Å². The third kappa shape index (κ3) is 4.11. The Kier molecular flexibility index (Phi) is 5.47. The van der Waals surface area contributed by atoms with E-state index in [2.05, 4.69) is 16.3 Å². The lowest BCUT2D eigenvalue weighted by Gasteiger charge is -2.40. The maximum absolute atomic E-state index is 12.8. The Balaban J connectivity index is 1.38. The molecule has 3 nitrogen and oxygen atoms in total. The molecule has 0 aromatic carbocycles. The summed E-state index contributed by atoms with van der Waals surface area (Å²) in [6.07, 6.45) is 14.2. The molecule has 25 heavy (non-hydrogen) atoms. The van der Waals surface area contributed by atoms with Gasteiger partial charge in [-0.15, -0.1) is 11.3 Å². The zero-order valence-corrected chi connectivity index (χ0v) is 16.3. The minimum atomic E-state index is 0.173. The molecule has 1 aromatic heterocycles. The first-order valence-corrected chi connectivity index (χ1v) is 11.2. The van der Waals surface area contributed by atoms with Gasteiger partial charge in [-0.05, 0) is 69.7 Å². The van der Waals surface area contributed by atoms with Gasteiger partial charge in [0.15, 0.2) is 0 Å². The third-order valence-corrected chi connectivity index (χ3v) is 7.75. The first-order chi connectivity index (χ1) is 12.2. The highest BCUT2D eigenvalue weighted by Crippen LogP contribution is 2.39. The van der Waals surface area contributed by atoms with Crippen LogP contribution in [0.15, 0.2) is 6.07 Å². The van der Waals surface area contributed by atoms with Crippen molar-refractivity contribution in [2.75, 3.05) is 26.2 Å². The Hall–Kier alpha value is -0.870. The summed E-state index contributed by atoms with van der Waals surface area (Å²) < 4.78 is 0. The van der Waals surface area contributed by atoms with Gasteiger partial charge in [0, 0.05) is 23.4 Å². The molecule has 2 heterocycles. The van der Waals surface area contributed by atoms with Crippen molar-refractivity contribution >= 4 is 17.2 Å². The number of likely N-dealkylation sites (tertiary alicyclic amines) is 1. The van der Waals surface area contributed by atoms with Crippen molar-refractivity contribution in [2.24, 2.45) is 5.41 Å². The van der Waals surface area contributed by atoms with E-state index in [1.165, 1.54) is 94.3 Å². The second-order valence-corrected chi connectivity index (χ2v) is 9.63. The summed E-state index contributed by atoms with van der Waals surface area (Å²) in [6, 6.07) is 2.19. The molecule has 0 unspecified atom stereocenters. The summed E-state index contributed by atoms with van der Waals surface area (Å²) >= 11 is 1.75. The molecule has 2 fully saturated rings. The molecule has 1 aromatic rings. The molecule has 3 aliphatic rings. The van der Waals surface area contributed by atoms with E-state index in [4.69, 9.17) is 0 Å². The number of aryl methyl sites for hydroxylation is 2. The Morgan fingerprint density at radius 2 is 1.80 bits per heavy atom. The maximum Gasteiger partial charge on any atom is 0.261 e. The zero-order chi connectivity index (χ0) is 17.1. The minimum absolute atomic E-state index is 0.173. The van der Waals surface area contributed by atoms with Crippen LogP contribution < -0.4 is 5.32 Å². The Labute approximate surface area is 156 Å². The molecule has 4 rings (SSSR count). The normalized spacial score (nSPS) is 23.4. The van der Waals surface area contributed by atoms with Crippen LogP contribution in [-0.2, 0) is 12.8 Å². The number of fused-ring (bicyclic) bond motifs is 1. The van der Waals surface area contributed by atoms with E-state index in [1.807, 2.05) is 0 Å². The van der Waals surface area contributed by atoms with Crippen LogP contribution in [0.5, 0.6) is 0 Å². The number of rotatable bonds is 5. The van der Waals surface area contributed by atoms with E-state index in [0.717, 1.165) is 17.8 Å². The zero-order valence-electron chi connectivity index (χ0n) is 15.4. The van der Waals surface area contributed by atoms with E-state index in [0.29, 0.717) is 5.41 Å². The van der Waals surface area contributed by atoms with Gasteiger partial charge in [-0.25, -0.2) is 0 Å². The van der Waals surface area contributed by atoms with Gasteiger partial charge in [0.2, 0.25) is 0 Å². The highest BCUT2D eigenvalue weighted by Gasteiger charge is 2.37. The average molecular weight is 361 g/mol. The highest BCUT2D eigenvalue weighted by molar-refractivity contribution is 7.14. The van der Waals surface area contributed by atoms with Crippen molar-refractivity contribution in [3.8, 4) is 0 Å². The van der Waals surface area contributed by atoms with Gasteiger partial charge in [-0.3, -0.25) is 4.79 Å². The molecule has 1 N–H and O–H groups in total. The van der Waals surface area contributed by atoms with Crippen LogP contribution in [0.2, 0.25) is 0 Å². The standard InChI is InChI=1S/C21H32N2OS/c24-20(19-14-17-8-3-1-2-4-9-18(17)25-19)22-15-21(10-5-6-11-21)16-23-12-7-13-23/h14H,1-13,15-16H2,(H,22,24). The largest absolute Gasteiger partial charge is 0.351 e. The van der Waals surface area contributed by atoms with Crippen molar-refractivity contribution in [2.45, 2.75) is 70.6 Å². The Morgan fingerprint density at radius 3 is 2.52 bits per heavy atom. The summed E-state index contributed by atoms with van der Waals surface area (Å²) in [5, 5.41) is 3.32. The van der Waals surface area contributed by atoms with Crippen LogP contribution in [0.1, 0.15) is 77.9 Å². The van der Waals surface area contributed by atoms with E-state index >= 15 is 0 Å². The molecule has 0 bridgehead atoms. The van der Waals surface area contributed by atoms with Gasteiger partial charge in [0.05, 0.1) is 4.88 Å². The van der Waals surface area contributed by atoms with Crippen LogP contribution in [0, 0.1) is 5.41 Å². The van der Waals surface area contributed by atoms with Gasteiger partial charge < -0.3 is 10.2 Å². The fourth-order valence-corrected chi connectivity index (χ4v) is 6.01. The number of carbonyl (C=O) groups excluding carboxylic acids is 1. The molecule has 0 spiro atoms. The fourth-order valence-electron chi connectivity index (χ4n) is 4.84. The van der Waals surface area contributed by atoms with Crippen molar-refractivity contribution in [3.05, 3.63) is 21.4 Å². The molecule has 2 aliphatic carbocycles. The first kappa shape index (κ1) is 17.5. The lowest BCUT2D eigenvalue weighted by molar-refractivity contribution is 0.0828. The van der Waals surface area contributed by atoms with Crippen molar-refractivity contribution in [1.29, 1.82) is 0 Å². The summed E-state index contributed by atoms with van der Waals surface area (Å²) in [7, 11) is 0. The van der Waals surface area contributed by atoms with Crippen LogP contribution in [0.25, 0.3) is 0 Å². The fraction of sp³-hybridized carbons (Fsp3) is 0.762. The quantitative estimate of drug-likeness (QED) is 0.844. The number of hydrogen-bond acceptors (Lipinski definition) is 3. The maximum atomic E-state index is 12.8. The molecule has 1 aliphatic heterocycles. The lowest BCUT2D eigenvalue weighted by Crippen LogP contribution is -2.48. The van der Waals surface area contributed by atoms with Crippen LogP contribution >= 0.6 is 11.3 Å². The third-order valence-electron chi connectivity index (χ3n) is 6.52. The second-order valence-electron chi connectivity index (χ2n) is 8.49. The van der Waals surface area contributed by atoms with Crippen molar-refractivity contribution < 1.29 is 4.79 Å². The van der Waals surface area contributed by atoms with E-state index in [9.17, 15) is 4.79 Å². The van der Waals surface area contributed by atoms with Gasteiger partial charge >= 0.3 is 0 Å². The number of thiophene rings is 1. The van der Waals surface area contributed by atoms with E-state index in [-0.39, 0.29) is 5.91 Å². The number of carbonyl (C=O) groups is 1. The number of hydrogen-bond donors (Lipinski definition) is 1. The smallest absolute Gasteiger partial charge is 0.261 e. The summed E-state index contributed by atoms with van der Waals surface area (Å²) in [4.78, 5) is 17.8. The topological polar surface area (TPSA) is 32.3 Å². The molecule has 4 heteroatoms. The predicted octanol–water partition coefficient (Wildman–Crippen LogP) is 4.40. The predicted molar refractivity (Wildman–Crippen MR) is 104 cm³/mol. The lowest BCUT2D eigenvalue weighted by atomic mass is 9.84. The highest BCUT2D eigenvalue weighted by atomic mass is 32.1. The van der Waals surface area contributed by atoms with Gasteiger partial charge in [0.25, 0.3) is 5.91 Å². The molecular formula is C21H32N2OS. The molecule has 1 saturated heterocycles. The number of nitrogens with zero attached hydrogens (tertiary/aromatic N) is 1. The van der Waals surface area contributed by atoms with Gasteiger partial charge in [-0.2, -0.15) is 0 Å². The Bertz CT molecular complexity index is 574. The van der Waals surface area contributed by atoms with Crippen LogP contribution in [0.3, 0.4) is 0 Å². The second kappa shape index (κ2) is 7.79. The molecule has 138 valence electrons. The number of nitrogens with one attached hydrogen (secondary N) is 1. The average Bonchev–Trinajstić information content (AvgIpc) is 3.17. The van der Waals surface area contributed by atoms with Gasteiger partial charge in [0.1, 0.15) is 0 Å². The summed E-state index contributed by atoms with van der Waals surface area (Å²) in [5.41, 5.74) is 1.79. The summed E-state index contributed by atoms with van der Waals surface area (Å²) in [5.74, 6) is 0.173. The first-order valence-electron chi connectivity index (χ1n) is 10.4. The SMILES string of the molecule is O=C(NCC1(CN2CCC2)CCCC1)c1cc2c(s1)CCCCCC2. The monoisotopic (exact) mass is 360 g/mol. The van der Waals surface area contributed by atoms with Crippen molar-refractivity contribution in [1.82, 2.24) is 10.2 Å². The van der Waals surface area contributed by atoms with Crippen LogP contribution in [-0.4, -0.2) is 37.0 Å². The number of amides is 1.